The number of rotatable bonds is 7. The van der Waals surface area contributed by atoms with E-state index in [1.807, 2.05) is 24.3 Å². The van der Waals surface area contributed by atoms with Crippen LogP contribution < -0.4 is 21.7 Å². The number of primary amides is 1. The Hall–Kier alpha value is -2.28. The molecule has 0 aliphatic carbocycles. The summed E-state index contributed by atoms with van der Waals surface area (Å²) in [6.07, 6.45) is -0.859. The van der Waals surface area contributed by atoms with Crippen molar-refractivity contribution in [2.45, 2.75) is 19.9 Å². The van der Waals surface area contributed by atoms with Crippen molar-refractivity contribution in [1.82, 2.24) is 10.6 Å². The van der Waals surface area contributed by atoms with Crippen LogP contribution in [0.4, 0.5) is 15.3 Å². The molecular weight excluding hydrogens is 272 g/mol. The average Bonchev–Trinajstić information content (AvgIpc) is 2.44. The molecule has 0 fully saturated rings. The second-order valence-corrected chi connectivity index (χ2v) is 4.45. The Labute approximate surface area is 124 Å². The van der Waals surface area contributed by atoms with Gasteiger partial charge in [-0.25, -0.2) is 9.59 Å². The second kappa shape index (κ2) is 8.80. The molecule has 1 unspecified atom stereocenters. The molecule has 116 valence electrons. The highest BCUT2D eigenvalue weighted by Gasteiger charge is 2.05. The minimum atomic E-state index is -0.859. The van der Waals surface area contributed by atoms with E-state index in [1.54, 1.807) is 0 Å². The molecule has 1 rings (SSSR count). The second-order valence-electron chi connectivity index (χ2n) is 4.45. The summed E-state index contributed by atoms with van der Waals surface area (Å²) in [5, 5.41) is 8.55. The third kappa shape index (κ3) is 6.62. The van der Waals surface area contributed by atoms with Crippen LogP contribution in [0, 0.1) is 0 Å². The fourth-order valence-electron chi connectivity index (χ4n) is 1.77. The number of urea groups is 1. The lowest BCUT2D eigenvalue weighted by molar-refractivity contribution is 0.157. The van der Waals surface area contributed by atoms with Crippen LogP contribution in [0.3, 0.4) is 0 Å². The molecule has 7 heteroatoms. The molecule has 0 radical (unpaired) electrons. The van der Waals surface area contributed by atoms with Crippen molar-refractivity contribution >= 4 is 17.8 Å². The summed E-state index contributed by atoms with van der Waals surface area (Å²) in [6.45, 7) is 5.28. The maximum atomic E-state index is 11.6. The number of amides is 3. The van der Waals surface area contributed by atoms with Crippen LogP contribution in [0.1, 0.15) is 25.5 Å². The van der Waals surface area contributed by atoms with Gasteiger partial charge in [0.2, 0.25) is 0 Å². The van der Waals surface area contributed by atoms with Gasteiger partial charge in [0.1, 0.15) is 6.61 Å². The van der Waals surface area contributed by atoms with Gasteiger partial charge in [0.25, 0.3) is 0 Å². The number of ether oxygens (including phenoxy) is 1. The van der Waals surface area contributed by atoms with Crippen LogP contribution in [0.25, 0.3) is 0 Å². The summed E-state index contributed by atoms with van der Waals surface area (Å²) in [4.78, 5) is 21.9. The largest absolute Gasteiger partial charge is 0.448 e. The van der Waals surface area contributed by atoms with Gasteiger partial charge in [0.05, 0.1) is 6.54 Å². The molecule has 0 heterocycles. The number of carbonyl (C=O) groups is 2. The SMILES string of the molecule is CCNC(C)c1ccc(NC(=O)NCCOC(N)=O)cc1. The summed E-state index contributed by atoms with van der Waals surface area (Å²) in [5.41, 5.74) is 6.64. The first-order chi connectivity index (χ1) is 10.0. The molecule has 0 spiro atoms. The zero-order valence-electron chi connectivity index (χ0n) is 12.3. The lowest BCUT2D eigenvalue weighted by atomic mass is 10.1. The molecule has 7 nitrogen and oxygen atoms in total. The number of benzene rings is 1. The van der Waals surface area contributed by atoms with Crippen LogP contribution in [-0.4, -0.2) is 31.8 Å². The molecule has 1 aromatic carbocycles. The standard InChI is InChI=1S/C14H22N4O3/c1-3-16-10(2)11-4-6-12(7-5-11)18-14(20)17-8-9-21-13(15)19/h4-7,10,16H,3,8-9H2,1-2H3,(H2,15,19)(H2,17,18,20). The van der Waals surface area contributed by atoms with Crippen molar-refractivity contribution in [3.05, 3.63) is 29.8 Å². The van der Waals surface area contributed by atoms with Crippen LogP contribution in [0.5, 0.6) is 0 Å². The molecule has 21 heavy (non-hydrogen) atoms. The monoisotopic (exact) mass is 294 g/mol. The van der Waals surface area contributed by atoms with E-state index in [0.29, 0.717) is 5.69 Å². The van der Waals surface area contributed by atoms with Crippen molar-refractivity contribution < 1.29 is 14.3 Å². The van der Waals surface area contributed by atoms with Crippen LogP contribution in [-0.2, 0) is 4.74 Å². The van der Waals surface area contributed by atoms with Crippen LogP contribution in [0.2, 0.25) is 0 Å². The van der Waals surface area contributed by atoms with E-state index in [1.165, 1.54) is 0 Å². The Kier molecular flexibility index (Phi) is 7.03. The van der Waals surface area contributed by atoms with Crippen molar-refractivity contribution in [3.8, 4) is 0 Å². The number of carbonyl (C=O) groups excluding carboxylic acids is 2. The van der Waals surface area contributed by atoms with Gasteiger partial charge < -0.3 is 26.4 Å². The topological polar surface area (TPSA) is 105 Å². The molecule has 5 N–H and O–H groups in total. The smallest absolute Gasteiger partial charge is 0.404 e. The highest BCUT2D eigenvalue weighted by molar-refractivity contribution is 5.89. The van der Waals surface area contributed by atoms with Crippen molar-refractivity contribution in [2.24, 2.45) is 5.73 Å². The third-order valence-electron chi connectivity index (χ3n) is 2.81. The molecule has 0 aromatic heterocycles. The Morgan fingerprint density at radius 2 is 1.95 bits per heavy atom. The van der Waals surface area contributed by atoms with Gasteiger partial charge >= 0.3 is 12.1 Å². The predicted octanol–water partition coefficient (Wildman–Crippen LogP) is 1.57. The number of nitrogens with one attached hydrogen (secondary N) is 3. The molecule has 0 bridgehead atoms. The van der Waals surface area contributed by atoms with E-state index in [0.717, 1.165) is 12.1 Å². The van der Waals surface area contributed by atoms with Crippen LogP contribution >= 0.6 is 0 Å². The van der Waals surface area contributed by atoms with Crippen molar-refractivity contribution in [2.75, 3.05) is 25.0 Å². The fraction of sp³-hybridized carbons (Fsp3) is 0.429. The number of hydrogen-bond donors (Lipinski definition) is 4. The first-order valence-electron chi connectivity index (χ1n) is 6.83. The molecule has 1 atom stereocenters. The van der Waals surface area contributed by atoms with Gasteiger partial charge in [-0.2, -0.15) is 0 Å². The normalized spacial score (nSPS) is 11.5. The van der Waals surface area contributed by atoms with Gasteiger partial charge in [-0.3, -0.25) is 0 Å². The van der Waals surface area contributed by atoms with E-state index < -0.39 is 6.09 Å². The Morgan fingerprint density at radius 1 is 1.29 bits per heavy atom. The molecule has 0 aliphatic heterocycles. The predicted molar refractivity (Wildman–Crippen MR) is 81.1 cm³/mol. The summed E-state index contributed by atoms with van der Waals surface area (Å²) < 4.78 is 4.50. The van der Waals surface area contributed by atoms with Gasteiger partial charge in [-0.05, 0) is 31.2 Å². The van der Waals surface area contributed by atoms with Gasteiger partial charge in [0, 0.05) is 11.7 Å². The zero-order chi connectivity index (χ0) is 15.7. The quantitative estimate of drug-likeness (QED) is 0.573. The summed E-state index contributed by atoms with van der Waals surface area (Å²) in [7, 11) is 0. The Morgan fingerprint density at radius 3 is 2.52 bits per heavy atom. The van der Waals surface area contributed by atoms with E-state index in [2.05, 4.69) is 34.5 Å². The molecule has 0 aliphatic rings. The van der Waals surface area contributed by atoms with E-state index >= 15 is 0 Å². The number of nitrogens with two attached hydrogens (primary N) is 1. The summed E-state index contributed by atoms with van der Waals surface area (Å²) in [6, 6.07) is 7.49. The minimum Gasteiger partial charge on any atom is -0.448 e. The van der Waals surface area contributed by atoms with Crippen LogP contribution in [0.15, 0.2) is 24.3 Å². The first kappa shape index (κ1) is 16.8. The maximum absolute atomic E-state index is 11.6. The van der Waals surface area contributed by atoms with Gasteiger partial charge in [0.15, 0.2) is 0 Å². The minimum absolute atomic E-state index is 0.0435. The summed E-state index contributed by atoms with van der Waals surface area (Å²) >= 11 is 0. The highest BCUT2D eigenvalue weighted by atomic mass is 16.5. The van der Waals surface area contributed by atoms with E-state index in [-0.39, 0.29) is 25.2 Å². The number of anilines is 1. The van der Waals surface area contributed by atoms with E-state index in [9.17, 15) is 9.59 Å². The molecule has 3 amide bonds. The van der Waals surface area contributed by atoms with Gasteiger partial charge in [-0.1, -0.05) is 19.1 Å². The lowest BCUT2D eigenvalue weighted by Crippen LogP contribution is -2.32. The van der Waals surface area contributed by atoms with E-state index in [4.69, 9.17) is 5.73 Å². The Balaban J connectivity index is 2.37. The summed E-state index contributed by atoms with van der Waals surface area (Å²) in [5.74, 6) is 0. The first-order valence-corrected chi connectivity index (χ1v) is 6.83. The highest BCUT2D eigenvalue weighted by Crippen LogP contribution is 2.15. The Bertz CT molecular complexity index is 462. The van der Waals surface area contributed by atoms with Gasteiger partial charge in [-0.15, -0.1) is 0 Å². The third-order valence-corrected chi connectivity index (χ3v) is 2.81. The molecule has 0 saturated carbocycles. The lowest BCUT2D eigenvalue weighted by Gasteiger charge is -2.13. The zero-order valence-corrected chi connectivity index (χ0v) is 12.3. The number of hydrogen-bond acceptors (Lipinski definition) is 4. The fourth-order valence-corrected chi connectivity index (χ4v) is 1.77. The maximum Gasteiger partial charge on any atom is 0.404 e. The van der Waals surface area contributed by atoms with Crippen molar-refractivity contribution in [1.29, 1.82) is 0 Å². The van der Waals surface area contributed by atoms with Crippen molar-refractivity contribution in [3.63, 3.8) is 0 Å². The molecule has 0 saturated heterocycles. The average molecular weight is 294 g/mol. The molecule has 1 aromatic rings. The molecular formula is C14H22N4O3.